The molecule has 1 atom stereocenters. The van der Waals surface area contributed by atoms with Gasteiger partial charge in [0.25, 0.3) is 0 Å². The molecular weight excluding hydrogens is 330 g/mol. The molecule has 0 spiro atoms. The number of ether oxygens (including phenoxy) is 2. The summed E-state index contributed by atoms with van der Waals surface area (Å²) in [6, 6.07) is 13.4. The highest BCUT2D eigenvalue weighted by atomic mass is 32.2. The van der Waals surface area contributed by atoms with E-state index in [4.69, 9.17) is 9.47 Å². The van der Waals surface area contributed by atoms with E-state index < -0.39 is 16.1 Å². The zero-order chi connectivity index (χ0) is 17.6. The number of rotatable bonds is 8. The third-order valence-electron chi connectivity index (χ3n) is 3.34. The highest BCUT2D eigenvalue weighted by Gasteiger charge is 2.16. The number of sulfonamides is 1. The first kappa shape index (κ1) is 18.3. The van der Waals surface area contributed by atoms with E-state index in [2.05, 4.69) is 4.72 Å². The van der Waals surface area contributed by atoms with Crippen molar-refractivity contribution in [3.8, 4) is 11.5 Å². The summed E-state index contributed by atoms with van der Waals surface area (Å²) >= 11 is 0. The minimum atomic E-state index is -3.65. The van der Waals surface area contributed by atoms with Crippen molar-refractivity contribution in [1.82, 2.24) is 4.72 Å². The number of hydrogen-bond acceptors (Lipinski definition) is 5. The Bertz CT molecular complexity index is 742. The van der Waals surface area contributed by atoms with Crippen LogP contribution in [0.3, 0.4) is 0 Å². The Hall–Kier alpha value is -2.09. The quantitative estimate of drug-likeness (QED) is 0.756. The number of methoxy groups -OCH3 is 1. The molecule has 7 heteroatoms. The van der Waals surface area contributed by atoms with Crippen molar-refractivity contribution < 1.29 is 23.0 Å². The van der Waals surface area contributed by atoms with Gasteiger partial charge >= 0.3 is 0 Å². The van der Waals surface area contributed by atoms with E-state index in [1.54, 1.807) is 43.5 Å². The summed E-state index contributed by atoms with van der Waals surface area (Å²) in [5.41, 5.74) is 0.974. The molecule has 0 amide bonds. The molecule has 0 aliphatic rings. The van der Waals surface area contributed by atoms with Gasteiger partial charge < -0.3 is 14.6 Å². The minimum Gasteiger partial charge on any atom is -0.497 e. The molecule has 0 bridgehead atoms. The highest BCUT2D eigenvalue weighted by molar-refractivity contribution is 7.89. The van der Waals surface area contributed by atoms with Crippen LogP contribution in [0.1, 0.15) is 5.56 Å². The van der Waals surface area contributed by atoms with Crippen molar-refractivity contribution in [2.24, 2.45) is 0 Å². The maximum absolute atomic E-state index is 12.1. The molecule has 0 unspecified atom stereocenters. The average molecular weight is 351 g/mol. The van der Waals surface area contributed by atoms with Crippen molar-refractivity contribution in [2.75, 3.05) is 20.3 Å². The van der Waals surface area contributed by atoms with Gasteiger partial charge in [0.1, 0.15) is 24.2 Å². The van der Waals surface area contributed by atoms with Crippen molar-refractivity contribution in [2.45, 2.75) is 17.9 Å². The van der Waals surface area contributed by atoms with Crippen LogP contribution < -0.4 is 14.2 Å². The molecule has 2 aromatic carbocycles. The molecule has 0 aliphatic carbocycles. The zero-order valence-corrected chi connectivity index (χ0v) is 14.4. The predicted molar refractivity (Wildman–Crippen MR) is 90.9 cm³/mol. The van der Waals surface area contributed by atoms with Crippen LogP contribution in [0.2, 0.25) is 0 Å². The summed E-state index contributed by atoms with van der Waals surface area (Å²) < 4.78 is 37.1. The fourth-order valence-electron chi connectivity index (χ4n) is 1.93. The molecule has 2 rings (SSSR count). The maximum atomic E-state index is 12.1. The monoisotopic (exact) mass is 351 g/mol. The lowest BCUT2D eigenvalue weighted by molar-refractivity contribution is 0.111. The van der Waals surface area contributed by atoms with Crippen LogP contribution in [0, 0.1) is 6.92 Å². The van der Waals surface area contributed by atoms with E-state index in [-0.39, 0.29) is 18.0 Å². The first-order valence-electron chi connectivity index (χ1n) is 7.42. The van der Waals surface area contributed by atoms with Crippen LogP contribution in [0.5, 0.6) is 11.5 Å². The van der Waals surface area contributed by atoms with E-state index in [0.29, 0.717) is 11.5 Å². The Balaban J connectivity index is 1.83. The first-order valence-corrected chi connectivity index (χ1v) is 8.90. The van der Waals surface area contributed by atoms with Crippen LogP contribution in [0.25, 0.3) is 0 Å². The lowest BCUT2D eigenvalue weighted by atomic mass is 10.2. The molecule has 0 aliphatic heterocycles. The van der Waals surface area contributed by atoms with Crippen molar-refractivity contribution in [3.63, 3.8) is 0 Å². The molecule has 2 N–H and O–H groups in total. The van der Waals surface area contributed by atoms with Crippen LogP contribution in [0.15, 0.2) is 53.4 Å². The van der Waals surface area contributed by atoms with E-state index in [9.17, 15) is 13.5 Å². The van der Waals surface area contributed by atoms with Gasteiger partial charge in [0, 0.05) is 6.54 Å². The van der Waals surface area contributed by atoms with Crippen LogP contribution in [0.4, 0.5) is 0 Å². The molecule has 2 aromatic rings. The molecule has 24 heavy (non-hydrogen) atoms. The van der Waals surface area contributed by atoms with E-state index >= 15 is 0 Å². The number of aliphatic hydroxyl groups excluding tert-OH is 1. The van der Waals surface area contributed by atoms with Gasteiger partial charge in [-0.05, 0) is 43.3 Å². The zero-order valence-electron chi connectivity index (χ0n) is 13.6. The SMILES string of the molecule is COc1ccc(OC[C@@H](O)CNS(=O)(=O)c2ccc(C)cc2)cc1. The minimum absolute atomic E-state index is 0.0251. The number of hydrogen-bond donors (Lipinski definition) is 2. The Morgan fingerprint density at radius 3 is 2.21 bits per heavy atom. The normalized spacial score (nSPS) is 12.6. The molecule has 0 heterocycles. The van der Waals surface area contributed by atoms with Gasteiger partial charge in [-0.15, -0.1) is 0 Å². The lowest BCUT2D eigenvalue weighted by Crippen LogP contribution is -2.35. The fourth-order valence-corrected chi connectivity index (χ4v) is 3.00. The second kappa shape index (κ2) is 8.14. The Labute approximate surface area is 142 Å². The maximum Gasteiger partial charge on any atom is 0.240 e. The summed E-state index contributed by atoms with van der Waals surface area (Å²) in [6.45, 7) is 1.72. The molecule has 0 aromatic heterocycles. The topological polar surface area (TPSA) is 84.9 Å². The van der Waals surface area contributed by atoms with Crippen LogP contribution in [-0.2, 0) is 10.0 Å². The molecule has 0 saturated heterocycles. The second-order valence-corrected chi connectivity index (χ2v) is 7.07. The van der Waals surface area contributed by atoms with Gasteiger partial charge in [-0.25, -0.2) is 13.1 Å². The Morgan fingerprint density at radius 1 is 1.04 bits per heavy atom. The molecule has 0 fully saturated rings. The number of aliphatic hydroxyl groups is 1. The van der Waals surface area contributed by atoms with Gasteiger partial charge in [-0.1, -0.05) is 17.7 Å². The summed E-state index contributed by atoms with van der Waals surface area (Å²) in [5.74, 6) is 1.27. The molecule has 6 nitrogen and oxygen atoms in total. The van der Waals surface area contributed by atoms with E-state index in [1.807, 2.05) is 6.92 Å². The van der Waals surface area contributed by atoms with Crippen molar-refractivity contribution >= 4 is 10.0 Å². The smallest absolute Gasteiger partial charge is 0.240 e. The molecule has 130 valence electrons. The fraction of sp³-hybridized carbons (Fsp3) is 0.294. The van der Waals surface area contributed by atoms with Gasteiger partial charge in [0.05, 0.1) is 12.0 Å². The number of aryl methyl sites for hydroxylation is 1. The molecule has 0 saturated carbocycles. The predicted octanol–water partition coefficient (Wildman–Crippen LogP) is 1.72. The third-order valence-corrected chi connectivity index (χ3v) is 4.78. The number of nitrogens with one attached hydrogen (secondary N) is 1. The summed E-state index contributed by atoms with van der Waals surface area (Å²) in [4.78, 5) is 0.163. The van der Waals surface area contributed by atoms with Gasteiger partial charge in [0.15, 0.2) is 0 Å². The standard InChI is InChI=1S/C17H21NO5S/c1-13-3-9-17(10-4-13)24(20,21)18-11-14(19)12-23-16-7-5-15(22-2)6-8-16/h3-10,14,18-19H,11-12H2,1-2H3/t14-/m0/s1. The average Bonchev–Trinajstić information content (AvgIpc) is 2.59. The second-order valence-electron chi connectivity index (χ2n) is 5.31. The Morgan fingerprint density at radius 2 is 1.62 bits per heavy atom. The van der Waals surface area contributed by atoms with Crippen molar-refractivity contribution in [1.29, 1.82) is 0 Å². The molecule has 0 radical (unpaired) electrons. The van der Waals surface area contributed by atoms with E-state index in [0.717, 1.165) is 5.56 Å². The largest absolute Gasteiger partial charge is 0.497 e. The first-order chi connectivity index (χ1) is 11.4. The Kier molecular flexibility index (Phi) is 6.19. The summed E-state index contributed by atoms with van der Waals surface area (Å²) in [5, 5.41) is 9.89. The van der Waals surface area contributed by atoms with Gasteiger partial charge in [-0.2, -0.15) is 0 Å². The summed E-state index contributed by atoms with van der Waals surface area (Å²) in [6.07, 6.45) is -0.965. The molecular formula is C17H21NO5S. The van der Waals surface area contributed by atoms with Crippen LogP contribution in [-0.4, -0.2) is 39.9 Å². The highest BCUT2D eigenvalue weighted by Crippen LogP contribution is 2.17. The van der Waals surface area contributed by atoms with Crippen molar-refractivity contribution in [3.05, 3.63) is 54.1 Å². The summed E-state index contributed by atoms with van der Waals surface area (Å²) in [7, 11) is -2.08. The lowest BCUT2D eigenvalue weighted by Gasteiger charge is -2.14. The van der Waals surface area contributed by atoms with E-state index in [1.165, 1.54) is 12.1 Å². The third kappa shape index (κ3) is 5.23. The van der Waals surface area contributed by atoms with Gasteiger partial charge in [0.2, 0.25) is 10.0 Å². The van der Waals surface area contributed by atoms with Crippen LogP contribution >= 0.6 is 0 Å². The van der Waals surface area contributed by atoms with Gasteiger partial charge in [-0.3, -0.25) is 0 Å². The number of benzene rings is 2.